The van der Waals surface area contributed by atoms with Crippen LogP contribution in [0.3, 0.4) is 0 Å². The van der Waals surface area contributed by atoms with Gasteiger partial charge in [-0.3, -0.25) is 0 Å². The standard InChI is InChI=1S/C9H11ClO3S/c1-6-4-8(6)9-3-2-7(13-9)5-14(10,11)12/h2-3,6,8H,4-5H2,1H3. The van der Waals surface area contributed by atoms with Crippen LogP contribution in [-0.4, -0.2) is 8.42 Å². The summed E-state index contributed by atoms with van der Waals surface area (Å²) >= 11 is 0. The first-order valence-corrected chi connectivity index (χ1v) is 6.94. The van der Waals surface area contributed by atoms with Gasteiger partial charge in [0.1, 0.15) is 17.3 Å². The first-order chi connectivity index (χ1) is 6.46. The van der Waals surface area contributed by atoms with E-state index in [1.807, 2.05) is 6.07 Å². The van der Waals surface area contributed by atoms with Crippen LogP contribution >= 0.6 is 10.7 Å². The molecule has 0 radical (unpaired) electrons. The van der Waals surface area contributed by atoms with E-state index < -0.39 is 9.05 Å². The van der Waals surface area contributed by atoms with E-state index in [9.17, 15) is 8.42 Å². The van der Waals surface area contributed by atoms with E-state index in [0.717, 1.165) is 12.2 Å². The van der Waals surface area contributed by atoms with Crippen molar-refractivity contribution in [1.29, 1.82) is 0 Å². The van der Waals surface area contributed by atoms with Gasteiger partial charge in [-0.05, 0) is 24.5 Å². The minimum Gasteiger partial charge on any atom is -0.465 e. The average molecular weight is 235 g/mol. The van der Waals surface area contributed by atoms with Gasteiger partial charge in [-0.1, -0.05) is 6.92 Å². The van der Waals surface area contributed by atoms with Gasteiger partial charge in [0.05, 0.1) is 0 Å². The van der Waals surface area contributed by atoms with E-state index in [-0.39, 0.29) is 5.75 Å². The second-order valence-corrected chi connectivity index (χ2v) is 6.58. The van der Waals surface area contributed by atoms with Gasteiger partial charge in [-0.2, -0.15) is 0 Å². The lowest BCUT2D eigenvalue weighted by atomic mass is 10.3. The topological polar surface area (TPSA) is 47.3 Å². The number of halogens is 1. The van der Waals surface area contributed by atoms with Crippen LogP contribution in [-0.2, 0) is 14.8 Å². The number of hydrogen-bond donors (Lipinski definition) is 0. The van der Waals surface area contributed by atoms with Gasteiger partial charge < -0.3 is 4.42 Å². The number of hydrogen-bond acceptors (Lipinski definition) is 3. The molecule has 5 heteroatoms. The van der Waals surface area contributed by atoms with Crippen LogP contribution in [0.4, 0.5) is 0 Å². The molecule has 1 heterocycles. The third-order valence-electron chi connectivity index (χ3n) is 2.47. The van der Waals surface area contributed by atoms with Gasteiger partial charge in [-0.15, -0.1) is 0 Å². The van der Waals surface area contributed by atoms with Crippen molar-refractivity contribution < 1.29 is 12.8 Å². The minimum absolute atomic E-state index is 0.227. The normalized spacial score (nSPS) is 26.4. The van der Waals surface area contributed by atoms with Crippen LogP contribution in [0.5, 0.6) is 0 Å². The molecule has 0 spiro atoms. The SMILES string of the molecule is CC1CC1c1ccc(CS(=O)(=O)Cl)o1. The van der Waals surface area contributed by atoms with E-state index in [1.165, 1.54) is 0 Å². The molecule has 0 aliphatic heterocycles. The summed E-state index contributed by atoms with van der Waals surface area (Å²) < 4.78 is 26.9. The van der Waals surface area contributed by atoms with Crippen molar-refractivity contribution in [2.75, 3.05) is 0 Å². The fraction of sp³-hybridized carbons (Fsp3) is 0.556. The van der Waals surface area contributed by atoms with Gasteiger partial charge in [0.15, 0.2) is 0 Å². The predicted molar refractivity (Wildman–Crippen MR) is 53.7 cm³/mol. The predicted octanol–water partition coefficient (Wildman–Crippen LogP) is 2.47. The van der Waals surface area contributed by atoms with E-state index in [0.29, 0.717) is 17.6 Å². The summed E-state index contributed by atoms with van der Waals surface area (Å²) in [6.45, 7) is 2.14. The first kappa shape index (κ1) is 10.1. The van der Waals surface area contributed by atoms with Crippen LogP contribution in [0.25, 0.3) is 0 Å². The molecule has 0 N–H and O–H groups in total. The van der Waals surface area contributed by atoms with Crippen molar-refractivity contribution in [2.45, 2.75) is 25.0 Å². The number of rotatable bonds is 3. The second kappa shape index (κ2) is 3.28. The van der Waals surface area contributed by atoms with Crippen LogP contribution < -0.4 is 0 Å². The van der Waals surface area contributed by atoms with Crippen LogP contribution in [0.2, 0.25) is 0 Å². The Balaban J connectivity index is 2.11. The zero-order valence-corrected chi connectivity index (χ0v) is 9.31. The molecule has 1 aliphatic carbocycles. The Labute approximate surface area is 87.5 Å². The fourth-order valence-electron chi connectivity index (χ4n) is 1.56. The summed E-state index contributed by atoms with van der Waals surface area (Å²) in [5.41, 5.74) is 0. The molecule has 78 valence electrons. The Morgan fingerprint density at radius 1 is 1.57 bits per heavy atom. The first-order valence-electron chi connectivity index (χ1n) is 4.46. The van der Waals surface area contributed by atoms with Crippen molar-refractivity contribution in [2.24, 2.45) is 5.92 Å². The molecule has 0 aromatic carbocycles. The molecule has 2 atom stereocenters. The van der Waals surface area contributed by atoms with Gasteiger partial charge in [0.25, 0.3) is 0 Å². The van der Waals surface area contributed by atoms with E-state index in [2.05, 4.69) is 6.92 Å². The Morgan fingerprint density at radius 2 is 2.21 bits per heavy atom. The molecule has 1 aromatic rings. The average Bonchev–Trinajstić information content (AvgIpc) is 2.58. The molecule has 2 unspecified atom stereocenters. The maximum atomic E-state index is 10.8. The lowest BCUT2D eigenvalue weighted by molar-refractivity contribution is 0.473. The van der Waals surface area contributed by atoms with Crippen LogP contribution in [0, 0.1) is 5.92 Å². The largest absolute Gasteiger partial charge is 0.465 e. The lowest BCUT2D eigenvalue weighted by Crippen LogP contribution is -1.92. The molecule has 0 amide bonds. The maximum absolute atomic E-state index is 10.8. The Hall–Kier alpha value is -0.480. The van der Waals surface area contributed by atoms with E-state index in [4.69, 9.17) is 15.1 Å². The highest BCUT2D eigenvalue weighted by molar-refractivity contribution is 8.13. The second-order valence-electron chi connectivity index (χ2n) is 3.81. The third kappa shape index (κ3) is 2.30. The highest BCUT2D eigenvalue weighted by Crippen LogP contribution is 2.47. The lowest BCUT2D eigenvalue weighted by Gasteiger charge is -1.93. The summed E-state index contributed by atoms with van der Waals surface area (Å²) in [6, 6.07) is 3.52. The molecule has 1 saturated carbocycles. The Bertz CT molecular complexity index is 435. The van der Waals surface area contributed by atoms with Crippen molar-refractivity contribution in [3.8, 4) is 0 Å². The van der Waals surface area contributed by atoms with Crippen molar-refractivity contribution in [1.82, 2.24) is 0 Å². The number of furan rings is 1. The maximum Gasteiger partial charge on any atom is 0.239 e. The van der Waals surface area contributed by atoms with Crippen molar-refractivity contribution >= 4 is 19.7 Å². The smallest absolute Gasteiger partial charge is 0.239 e. The molecular weight excluding hydrogens is 224 g/mol. The summed E-state index contributed by atoms with van der Waals surface area (Å²) in [5, 5.41) is 0. The zero-order chi connectivity index (χ0) is 10.3. The molecule has 0 saturated heterocycles. The zero-order valence-electron chi connectivity index (χ0n) is 7.73. The summed E-state index contributed by atoms with van der Waals surface area (Å²) in [6.07, 6.45) is 1.13. The molecular formula is C9H11ClO3S. The minimum atomic E-state index is -3.50. The van der Waals surface area contributed by atoms with Gasteiger partial charge in [-0.25, -0.2) is 8.42 Å². The highest BCUT2D eigenvalue weighted by Gasteiger charge is 2.36. The Morgan fingerprint density at radius 3 is 2.71 bits per heavy atom. The molecule has 1 aromatic heterocycles. The van der Waals surface area contributed by atoms with Gasteiger partial charge >= 0.3 is 0 Å². The van der Waals surface area contributed by atoms with E-state index in [1.54, 1.807) is 6.07 Å². The Kier molecular flexibility index (Phi) is 2.35. The summed E-state index contributed by atoms with van der Waals surface area (Å²) in [5.74, 6) is 2.21. The summed E-state index contributed by atoms with van der Waals surface area (Å²) in [7, 11) is 1.61. The van der Waals surface area contributed by atoms with Crippen LogP contribution in [0.15, 0.2) is 16.5 Å². The van der Waals surface area contributed by atoms with Crippen LogP contribution in [0.1, 0.15) is 30.8 Å². The van der Waals surface area contributed by atoms with E-state index >= 15 is 0 Å². The fourth-order valence-corrected chi connectivity index (χ4v) is 2.38. The molecule has 1 aliphatic rings. The van der Waals surface area contributed by atoms with Crippen molar-refractivity contribution in [3.05, 3.63) is 23.7 Å². The molecule has 2 rings (SSSR count). The molecule has 14 heavy (non-hydrogen) atoms. The third-order valence-corrected chi connectivity index (χ3v) is 3.43. The molecule has 3 nitrogen and oxygen atoms in total. The molecule has 0 bridgehead atoms. The quantitative estimate of drug-likeness (QED) is 0.755. The summed E-state index contributed by atoms with van der Waals surface area (Å²) in [4.78, 5) is 0. The monoisotopic (exact) mass is 234 g/mol. The van der Waals surface area contributed by atoms with Gasteiger partial charge in [0, 0.05) is 16.6 Å². The highest BCUT2D eigenvalue weighted by atomic mass is 35.7. The molecule has 1 fully saturated rings. The van der Waals surface area contributed by atoms with Crippen molar-refractivity contribution in [3.63, 3.8) is 0 Å². The van der Waals surface area contributed by atoms with Gasteiger partial charge in [0.2, 0.25) is 9.05 Å².